The van der Waals surface area contributed by atoms with Gasteiger partial charge in [0.25, 0.3) is 17.7 Å². The van der Waals surface area contributed by atoms with E-state index in [2.05, 4.69) is 26.2 Å². The number of nitrogen functional groups attached to an aromatic ring is 1. The number of aromatic nitrogens is 2. The first kappa shape index (κ1) is 30.8. The molecule has 3 heterocycles. The first-order valence-corrected chi connectivity index (χ1v) is 13.5. The SMILES string of the molecule is CNn1cc(O)c(=O)cc1C(=O)NC[C@@H]1[C@H](NC(=O)/C(=N\OC(C)(C)C(=O)O)c2csc(N)n2)C(=O)N1S(=O)(=O)O. The number of hydrogen-bond donors (Lipinski definition) is 7. The zero-order chi connectivity index (χ0) is 30.9. The first-order valence-electron chi connectivity index (χ1n) is 11.2. The van der Waals surface area contributed by atoms with Gasteiger partial charge in [0, 0.05) is 25.0 Å². The Labute approximate surface area is 234 Å². The second kappa shape index (κ2) is 11.4. The Morgan fingerprint density at radius 3 is 2.49 bits per heavy atom. The van der Waals surface area contributed by atoms with E-state index < -0.39 is 75.1 Å². The number of carboxylic acid groups (broad SMARTS) is 1. The number of pyridine rings is 1. The molecule has 0 radical (unpaired) electrons. The molecule has 2 aromatic rings. The third-order valence-corrected chi connectivity index (χ3v) is 7.16. The van der Waals surface area contributed by atoms with E-state index in [4.69, 9.17) is 10.6 Å². The minimum atomic E-state index is -5.15. The van der Waals surface area contributed by atoms with E-state index in [1.54, 1.807) is 0 Å². The molecular weight excluding hydrogens is 592 g/mol. The van der Waals surface area contributed by atoms with Crippen molar-refractivity contribution in [3.8, 4) is 5.75 Å². The summed E-state index contributed by atoms with van der Waals surface area (Å²) in [4.78, 5) is 70.5. The summed E-state index contributed by atoms with van der Waals surface area (Å²) >= 11 is 0.901. The topological polar surface area (TPSA) is 285 Å². The van der Waals surface area contributed by atoms with Gasteiger partial charge in [-0.15, -0.1) is 11.3 Å². The van der Waals surface area contributed by atoms with Crippen molar-refractivity contribution in [2.75, 3.05) is 24.8 Å². The van der Waals surface area contributed by atoms with Gasteiger partial charge in [-0.25, -0.2) is 14.1 Å². The van der Waals surface area contributed by atoms with E-state index in [1.165, 1.54) is 12.4 Å². The molecule has 3 rings (SSSR count). The maximum Gasteiger partial charge on any atom is 0.362 e. The monoisotopic (exact) mass is 616 g/mol. The van der Waals surface area contributed by atoms with E-state index in [0.29, 0.717) is 0 Å². The normalized spacial score (nSPS) is 17.4. The molecule has 1 aliphatic heterocycles. The number of carbonyl (C=O) groups is 4. The summed E-state index contributed by atoms with van der Waals surface area (Å²) in [5.41, 5.74) is 4.24. The predicted octanol–water partition coefficient (Wildman–Crippen LogP) is -2.72. The number of hydrogen-bond acceptors (Lipinski definition) is 14. The van der Waals surface area contributed by atoms with Crippen LogP contribution in [0.15, 0.2) is 27.6 Å². The molecule has 2 atom stereocenters. The lowest BCUT2D eigenvalue weighted by Gasteiger charge is -2.44. The molecule has 0 bridgehead atoms. The molecule has 1 saturated heterocycles. The highest BCUT2D eigenvalue weighted by molar-refractivity contribution is 7.84. The van der Waals surface area contributed by atoms with Gasteiger partial charge in [0.15, 0.2) is 16.6 Å². The highest BCUT2D eigenvalue weighted by Gasteiger charge is 2.54. The molecule has 8 N–H and O–H groups in total. The Bertz CT molecular complexity index is 1600. The van der Waals surface area contributed by atoms with E-state index in [9.17, 15) is 47.2 Å². The molecule has 0 saturated carbocycles. The van der Waals surface area contributed by atoms with Crippen molar-refractivity contribution in [2.24, 2.45) is 5.16 Å². The highest BCUT2D eigenvalue weighted by Crippen LogP contribution is 2.24. The first-order chi connectivity index (χ1) is 19.0. The maximum atomic E-state index is 13.1. The van der Waals surface area contributed by atoms with Crippen molar-refractivity contribution in [2.45, 2.75) is 31.5 Å². The molecule has 0 unspecified atom stereocenters. The fourth-order valence-electron chi connectivity index (χ4n) is 3.34. The zero-order valence-corrected chi connectivity index (χ0v) is 23.0. The van der Waals surface area contributed by atoms with Crippen LogP contribution < -0.4 is 27.2 Å². The lowest BCUT2D eigenvalue weighted by atomic mass is 9.98. The smallest absolute Gasteiger partial charge is 0.362 e. The predicted molar refractivity (Wildman–Crippen MR) is 140 cm³/mol. The van der Waals surface area contributed by atoms with E-state index in [0.717, 1.165) is 42.1 Å². The number of carboxylic acids is 1. The van der Waals surface area contributed by atoms with E-state index in [1.807, 2.05) is 0 Å². The second-order valence-corrected chi connectivity index (χ2v) is 10.9. The molecular formula is C20H24N8O11S2. The number of nitrogens with zero attached hydrogens (tertiary/aromatic N) is 4. The number of thiazole rings is 1. The number of nitrogens with one attached hydrogen (secondary N) is 3. The maximum absolute atomic E-state index is 13.1. The molecule has 21 heteroatoms. The molecule has 3 amide bonds. The van der Waals surface area contributed by atoms with Gasteiger partial charge in [0.1, 0.15) is 17.4 Å². The molecule has 0 spiro atoms. The third kappa shape index (κ3) is 6.53. The molecule has 0 aliphatic carbocycles. The molecule has 1 fully saturated rings. The van der Waals surface area contributed by atoms with Crippen molar-refractivity contribution in [3.05, 3.63) is 39.3 Å². The molecule has 41 heavy (non-hydrogen) atoms. The number of amides is 3. The van der Waals surface area contributed by atoms with Crippen LogP contribution in [0, 0.1) is 0 Å². The summed E-state index contributed by atoms with van der Waals surface area (Å²) in [6.45, 7) is 1.62. The summed E-state index contributed by atoms with van der Waals surface area (Å²) in [7, 11) is -3.78. The lowest BCUT2D eigenvalue weighted by molar-refractivity contribution is -0.161. The van der Waals surface area contributed by atoms with Crippen molar-refractivity contribution in [1.82, 2.24) is 24.6 Å². The van der Waals surface area contributed by atoms with Crippen LogP contribution in [0.25, 0.3) is 0 Å². The number of nitrogens with two attached hydrogens (primary N) is 1. The summed E-state index contributed by atoms with van der Waals surface area (Å²) in [5.74, 6) is -5.49. The van der Waals surface area contributed by atoms with Crippen molar-refractivity contribution in [1.29, 1.82) is 0 Å². The fraction of sp³-hybridized carbons (Fsp3) is 0.350. The highest BCUT2D eigenvalue weighted by atomic mass is 32.2. The quantitative estimate of drug-likeness (QED) is 0.0584. The van der Waals surface area contributed by atoms with Gasteiger partial charge in [0.05, 0.1) is 12.2 Å². The van der Waals surface area contributed by atoms with Crippen molar-refractivity contribution >= 4 is 56.2 Å². The minimum Gasteiger partial charge on any atom is -0.503 e. The third-order valence-electron chi connectivity index (χ3n) is 5.54. The van der Waals surface area contributed by atoms with Crippen LogP contribution in [-0.2, 0) is 29.5 Å². The molecule has 2 aromatic heterocycles. The Morgan fingerprint density at radius 2 is 1.95 bits per heavy atom. The molecule has 222 valence electrons. The number of aliphatic carboxylic acids is 1. The van der Waals surface area contributed by atoms with Gasteiger partial charge in [-0.2, -0.15) is 8.42 Å². The number of carbonyl (C=O) groups excluding carboxylic acids is 3. The van der Waals surface area contributed by atoms with Crippen molar-refractivity contribution < 1.29 is 47.2 Å². The van der Waals surface area contributed by atoms with Gasteiger partial charge >= 0.3 is 16.3 Å². The average Bonchev–Trinajstić information content (AvgIpc) is 3.30. The number of aromatic hydroxyl groups is 1. The summed E-state index contributed by atoms with van der Waals surface area (Å²) < 4.78 is 34.2. The summed E-state index contributed by atoms with van der Waals surface area (Å²) in [5, 5.41) is 28.2. The van der Waals surface area contributed by atoms with Gasteiger partial charge < -0.3 is 36.8 Å². The fourth-order valence-corrected chi connectivity index (χ4v) is 4.77. The second-order valence-electron chi connectivity index (χ2n) is 8.76. The van der Waals surface area contributed by atoms with Gasteiger partial charge in [-0.1, -0.05) is 5.16 Å². The van der Waals surface area contributed by atoms with Gasteiger partial charge in [-0.05, 0) is 13.8 Å². The average molecular weight is 617 g/mol. The largest absolute Gasteiger partial charge is 0.503 e. The van der Waals surface area contributed by atoms with Crippen LogP contribution >= 0.6 is 11.3 Å². The number of rotatable bonds is 11. The molecule has 19 nitrogen and oxygen atoms in total. The minimum absolute atomic E-state index is 0.00475. The van der Waals surface area contributed by atoms with Crippen LogP contribution in [-0.4, -0.2) is 97.8 Å². The Balaban J connectivity index is 1.87. The van der Waals surface area contributed by atoms with Crippen LogP contribution in [0.2, 0.25) is 0 Å². The standard InChI is InChI=1S/C20H24N8O11S2/c1-20(2,18(34)35)39-26-13(8-7-40-19(21)24-8)16(32)25-14-10(28(17(14)33)41(36,37)38)5-23-15(31)9-4-11(29)12(30)6-27(9)22-3/h4,6-7,10,14,22,30H,5H2,1-3H3,(H2,21,24)(H,23,31)(H,25,32)(H,34,35)(H,36,37,38)/b26-13-/t10-,14+/m1/s1. The zero-order valence-electron chi connectivity index (χ0n) is 21.4. The van der Waals surface area contributed by atoms with Crippen LogP contribution in [0.3, 0.4) is 0 Å². The van der Waals surface area contributed by atoms with Crippen LogP contribution in [0.1, 0.15) is 30.0 Å². The van der Waals surface area contributed by atoms with Gasteiger partial charge in [-0.3, -0.25) is 28.4 Å². The number of oxime groups is 1. The summed E-state index contributed by atoms with van der Waals surface area (Å²) in [6.07, 6.45) is 0.914. The lowest BCUT2D eigenvalue weighted by Crippen LogP contribution is -2.74. The van der Waals surface area contributed by atoms with E-state index >= 15 is 0 Å². The van der Waals surface area contributed by atoms with Crippen LogP contribution in [0.4, 0.5) is 5.13 Å². The Kier molecular flexibility index (Phi) is 8.55. The number of anilines is 1. The van der Waals surface area contributed by atoms with E-state index in [-0.39, 0.29) is 20.8 Å². The van der Waals surface area contributed by atoms with Gasteiger partial charge in [0.2, 0.25) is 11.0 Å². The Hall–Kier alpha value is -4.76. The Morgan fingerprint density at radius 1 is 1.29 bits per heavy atom. The molecule has 1 aliphatic rings. The molecule has 0 aromatic carbocycles. The number of β-lactam (4-membered cyclic amide) rings is 1. The van der Waals surface area contributed by atoms with Crippen molar-refractivity contribution in [3.63, 3.8) is 0 Å². The summed E-state index contributed by atoms with van der Waals surface area (Å²) in [6, 6.07) is -2.42. The van der Waals surface area contributed by atoms with Crippen LogP contribution in [0.5, 0.6) is 5.75 Å².